The van der Waals surface area contributed by atoms with Crippen molar-refractivity contribution in [1.82, 2.24) is 20.9 Å². The molecule has 0 aliphatic heterocycles. The molecule has 2 unspecified atom stereocenters. The van der Waals surface area contributed by atoms with Crippen LogP contribution in [-0.2, 0) is 20.9 Å². The maximum Gasteiger partial charge on any atom is 0.306 e. The summed E-state index contributed by atoms with van der Waals surface area (Å²) in [6, 6.07) is 16.0. The maximum absolute atomic E-state index is 13.4. The molecular formula is C28H32N4O4. The van der Waals surface area contributed by atoms with Crippen molar-refractivity contribution in [1.29, 1.82) is 0 Å². The molecule has 3 rings (SSSR count). The van der Waals surface area contributed by atoms with Crippen LogP contribution in [0.25, 0.3) is 22.4 Å². The molecular weight excluding hydrogens is 456 g/mol. The number of carbonyl (C=O) groups excluding carboxylic acids is 2. The van der Waals surface area contributed by atoms with Gasteiger partial charge < -0.3 is 20.3 Å². The third-order valence-electron chi connectivity index (χ3n) is 5.97. The van der Waals surface area contributed by atoms with Crippen LogP contribution in [0.4, 0.5) is 0 Å². The van der Waals surface area contributed by atoms with Crippen LogP contribution in [0.1, 0.15) is 42.9 Å². The molecule has 8 heteroatoms. The third-order valence-corrected chi connectivity index (χ3v) is 5.97. The fraction of sp³-hybridized carbons (Fsp3) is 0.321. The summed E-state index contributed by atoms with van der Waals surface area (Å²) in [5, 5.41) is 14.1. The van der Waals surface area contributed by atoms with Crippen LogP contribution in [-0.4, -0.2) is 40.5 Å². The zero-order valence-corrected chi connectivity index (χ0v) is 20.5. The van der Waals surface area contributed by atoms with Crippen molar-refractivity contribution in [2.24, 2.45) is 5.41 Å². The second-order valence-corrected chi connectivity index (χ2v) is 9.64. The Balaban J connectivity index is 1.91. The molecule has 0 aliphatic carbocycles. The number of hydrogen-bond donors (Lipinski definition) is 3. The molecule has 0 aliphatic rings. The SMILES string of the molecule is [2H]C([2H])([2H])NC(=O)C(NC(=O)C(CC(=O)O)n1cccc1-c1ccc(-c2ccc(C[N])cc2)cc1)C(C)(C)C. The highest BCUT2D eigenvalue weighted by Crippen LogP contribution is 2.29. The molecule has 0 bridgehead atoms. The van der Waals surface area contributed by atoms with E-state index in [0.717, 1.165) is 22.3 Å². The van der Waals surface area contributed by atoms with Crippen molar-refractivity contribution in [3.63, 3.8) is 0 Å². The van der Waals surface area contributed by atoms with Gasteiger partial charge in [-0.2, -0.15) is 0 Å². The highest BCUT2D eigenvalue weighted by Gasteiger charge is 2.35. The van der Waals surface area contributed by atoms with Gasteiger partial charge in [-0.3, -0.25) is 14.4 Å². The highest BCUT2D eigenvalue weighted by atomic mass is 16.4. The van der Waals surface area contributed by atoms with E-state index in [0.29, 0.717) is 5.69 Å². The smallest absolute Gasteiger partial charge is 0.306 e. The van der Waals surface area contributed by atoms with E-state index in [1.54, 1.807) is 39.1 Å². The van der Waals surface area contributed by atoms with Gasteiger partial charge >= 0.3 is 5.97 Å². The first kappa shape index (κ1) is 22.5. The molecule has 36 heavy (non-hydrogen) atoms. The number of carboxylic acids is 1. The van der Waals surface area contributed by atoms with Crippen molar-refractivity contribution in [2.75, 3.05) is 6.98 Å². The lowest BCUT2D eigenvalue weighted by Crippen LogP contribution is -2.54. The number of carboxylic acid groups (broad SMARTS) is 1. The monoisotopic (exact) mass is 491 g/mol. The molecule has 3 N–H and O–H groups in total. The first-order valence-electron chi connectivity index (χ1n) is 13.0. The molecule has 1 aromatic heterocycles. The number of likely N-dealkylation sites (N-methyl/N-ethyl adjacent to an activating group) is 1. The summed E-state index contributed by atoms with van der Waals surface area (Å²) in [4.78, 5) is 37.9. The lowest BCUT2D eigenvalue weighted by Gasteiger charge is -2.31. The van der Waals surface area contributed by atoms with Gasteiger partial charge in [-0.25, -0.2) is 0 Å². The Hall–Kier alpha value is -3.91. The summed E-state index contributed by atoms with van der Waals surface area (Å²) >= 11 is 0. The zero-order valence-electron chi connectivity index (χ0n) is 23.5. The van der Waals surface area contributed by atoms with Crippen molar-refractivity contribution in [3.8, 4) is 22.4 Å². The van der Waals surface area contributed by atoms with E-state index in [1.165, 1.54) is 4.57 Å². The Morgan fingerprint density at radius 3 is 2.08 bits per heavy atom. The number of benzene rings is 2. The predicted molar refractivity (Wildman–Crippen MR) is 138 cm³/mol. The topological polar surface area (TPSA) is 123 Å². The number of nitrogens with zero attached hydrogens (tertiary/aromatic N) is 2. The van der Waals surface area contributed by atoms with Crippen LogP contribution in [0, 0.1) is 5.41 Å². The van der Waals surface area contributed by atoms with Gasteiger partial charge in [0.25, 0.3) is 0 Å². The van der Waals surface area contributed by atoms with Gasteiger partial charge in [0.15, 0.2) is 0 Å². The van der Waals surface area contributed by atoms with E-state index < -0.39 is 48.7 Å². The number of aromatic nitrogens is 1. The van der Waals surface area contributed by atoms with E-state index in [-0.39, 0.29) is 6.54 Å². The number of carbonyl (C=O) groups is 3. The molecule has 2 radical (unpaired) electrons. The molecule has 0 saturated heterocycles. The molecule has 2 aromatic carbocycles. The molecule has 2 atom stereocenters. The normalized spacial score (nSPS) is 14.6. The number of aliphatic carboxylic acids is 1. The fourth-order valence-corrected chi connectivity index (χ4v) is 4.02. The summed E-state index contributed by atoms with van der Waals surface area (Å²) in [5.74, 6) is -2.83. The summed E-state index contributed by atoms with van der Waals surface area (Å²) in [6.07, 6.45) is 1.04. The van der Waals surface area contributed by atoms with Gasteiger partial charge in [0, 0.05) is 23.0 Å². The van der Waals surface area contributed by atoms with Crippen LogP contribution in [0.3, 0.4) is 0 Å². The van der Waals surface area contributed by atoms with Crippen LogP contribution < -0.4 is 16.4 Å². The third kappa shape index (κ3) is 6.20. The van der Waals surface area contributed by atoms with E-state index >= 15 is 0 Å². The van der Waals surface area contributed by atoms with Gasteiger partial charge in [0.1, 0.15) is 12.1 Å². The Morgan fingerprint density at radius 2 is 1.56 bits per heavy atom. The van der Waals surface area contributed by atoms with Gasteiger partial charge in [0.2, 0.25) is 11.8 Å². The highest BCUT2D eigenvalue weighted by molar-refractivity contribution is 5.91. The molecule has 2 amide bonds. The van der Waals surface area contributed by atoms with Crippen LogP contribution in [0.2, 0.25) is 0 Å². The predicted octanol–water partition coefficient (Wildman–Crippen LogP) is 3.68. The minimum atomic E-state index is -2.74. The Kier molecular flexibility index (Phi) is 7.03. The number of rotatable bonds is 9. The van der Waals surface area contributed by atoms with E-state index in [4.69, 9.17) is 4.11 Å². The molecule has 0 fully saturated rings. The zero-order chi connectivity index (χ0) is 29.0. The van der Waals surface area contributed by atoms with Crippen LogP contribution in [0.15, 0.2) is 66.9 Å². The quantitative estimate of drug-likeness (QED) is 0.422. The van der Waals surface area contributed by atoms with Crippen molar-refractivity contribution in [2.45, 2.75) is 45.8 Å². The molecule has 8 nitrogen and oxygen atoms in total. The van der Waals surface area contributed by atoms with Gasteiger partial charge in [-0.05, 0) is 39.8 Å². The molecule has 0 spiro atoms. The van der Waals surface area contributed by atoms with E-state index in [9.17, 15) is 25.2 Å². The molecule has 1 heterocycles. The van der Waals surface area contributed by atoms with Crippen molar-refractivity contribution in [3.05, 3.63) is 72.4 Å². The Labute approximate surface area is 215 Å². The summed E-state index contributed by atoms with van der Waals surface area (Å²) in [6.45, 7) is 2.23. The number of nitrogens with one attached hydrogen (secondary N) is 2. The van der Waals surface area contributed by atoms with E-state index in [2.05, 4.69) is 5.32 Å². The van der Waals surface area contributed by atoms with E-state index in [1.807, 2.05) is 53.8 Å². The number of hydrogen-bond acceptors (Lipinski definition) is 3. The minimum Gasteiger partial charge on any atom is -0.481 e. The van der Waals surface area contributed by atoms with Gasteiger partial charge in [-0.15, -0.1) is 5.73 Å². The average Bonchev–Trinajstić information content (AvgIpc) is 3.33. The minimum absolute atomic E-state index is 0.0398. The number of amides is 2. The lowest BCUT2D eigenvalue weighted by atomic mass is 9.86. The van der Waals surface area contributed by atoms with Crippen molar-refractivity contribution >= 4 is 17.8 Å². The van der Waals surface area contributed by atoms with Crippen LogP contribution in [0.5, 0.6) is 0 Å². The lowest BCUT2D eigenvalue weighted by molar-refractivity contribution is -0.141. The van der Waals surface area contributed by atoms with Gasteiger partial charge in [-0.1, -0.05) is 69.3 Å². The maximum atomic E-state index is 13.4. The second kappa shape index (κ2) is 11.2. The van der Waals surface area contributed by atoms with Crippen LogP contribution >= 0.6 is 0 Å². The molecule has 3 aromatic rings. The Morgan fingerprint density at radius 1 is 0.972 bits per heavy atom. The standard InChI is InChI=1S/C28H32N4O4/c1-28(2,3)25(27(36)30-4)31-26(35)23(16-24(33)34)32-15-5-6-22(32)21-13-11-20(12-14-21)19-9-7-18(17-29)8-10-19/h5-15,23,25H,16-17H2,1-4H3,(H,30,36)(H,31,35)(H,33,34)/i4D3. The second-order valence-electron chi connectivity index (χ2n) is 9.64. The molecule has 188 valence electrons. The summed E-state index contributed by atoms with van der Waals surface area (Å²) in [5.41, 5.74) is 12.4. The summed E-state index contributed by atoms with van der Waals surface area (Å²) < 4.78 is 23.6. The first-order chi connectivity index (χ1) is 18.2. The Bertz CT molecular complexity index is 1310. The first-order valence-corrected chi connectivity index (χ1v) is 11.5. The van der Waals surface area contributed by atoms with Gasteiger partial charge in [0.05, 0.1) is 13.0 Å². The average molecular weight is 492 g/mol. The summed E-state index contributed by atoms with van der Waals surface area (Å²) in [7, 11) is 0. The largest absolute Gasteiger partial charge is 0.481 e. The molecule has 0 saturated carbocycles. The van der Waals surface area contributed by atoms with Crippen molar-refractivity contribution < 1.29 is 23.6 Å². The fourth-order valence-electron chi connectivity index (χ4n) is 4.02.